The molecule has 1 atom stereocenters. The van der Waals surface area contributed by atoms with Crippen molar-refractivity contribution in [1.29, 1.82) is 0 Å². The van der Waals surface area contributed by atoms with E-state index in [1.54, 1.807) is 24.5 Å². The maximum absolute atomic E-state index is 12.7. The van der Waals surface area contributed by atoms with Crippen molar-refractivity contribution in [2.24, 2.45) is 0 Å². The largest absolute Gasteiger partial charge is 0.313 e. The summed E-state index contributed by atoms with van der Waals surface area (Å²) in [5.41, 5.74) is 1.69. The molecule has 0 aliphatic carbocycles. The zero-order valence-electron chi connectivity index (χ0n) is 11.2. The second-order valence-corrected chi connectivity index (χ2v) is 5.72. The summed E-state index contributed by atoms with van der Waals surface area (Å²) in [5, 5.41) is 4.02. The number of nitrogens with one attached hydrogen (secondary N) is 1. The first-order valence-electron chi connectivity index (χ1n) is 6.84. The van der Waals surface area contributed by atoms with Crippen LogP contribution < -0.4 is 5.32 Å². The van der Waals surface area contributed by atoms with Gasteiger partial charge in [0.1, 0.15) is 5.66 Å². The molecular weight excluding hydrogens is 288 g/mol. The van der Waals surface area contributed by atoms with Crippen LogP contribution in [-0.4, -0.2) is 33.9 Å². The molecule has 0 unspecified atom stereocenters. The number of fused-ring (bicyclic) bond motifs is 2. The molecule has 0 saturated carbocycles. The third-order valence-corrected chi connectivity index (χ3v) is 4.38. The van der Waals surface area contributed by atoms with Gasteiger partial charge in [-0.25, -0.2) is 0 Å². The lowest BCUT2D eigenvalue weighted by atomic mass is 9.90. The molecule has 106 valence electrons. The number of halogens is 1. The van der Waals surface area contributed by atoms with E-state index in [0.717, 1.165) is 17.9 Å². The molecular formula is C15H13ClN4O. The summed E-state index contributed by atoms with van der Waals surface area (Å²) in [6.45, 7) is 1.40. The van der Waals surface area contributed by atoms with Crippen LogP contribution in [0.15, 0.2) is 36.7 Å². The monoisotopic (exact) mass is 300 g/mol. The number of rotatable bonds is 1. The van der Waals surface area contributed by atoms with E-state index >= 15 is 0 Å². The fourth-order valence-electron chi connectivity index (χ4n) is 3.19. The Bertz CT molecular complexity index is 718. The molecule has 1 N–H and O–H groups in total. The molecule has 2 aliphatic heterocycles. The summed E-state index contributed by atoms with van der Waals surface area (Å²) in [7, 11) is 0. The van der Waals surface area contributed by atoms with Gasteiger partial charge in [-0.05, 0) is 24.3 Å². The van der Waals surface area contributed by atoms with Crippen molar-refractivity contribution in [1.82, 2.24) is 20.2 Å². The van der Waals surface area contributed by atoms with Gasteiger partial charge < -0.3 is 4.90 Å². The Hall–Kier alpha value is -1.98. The van der Waals surface area contributed by atoms with E-state index in [-0.39, 0.29) is 5.91 Å². The molecule has 1 amide bonds. The first-order chi connectivity index (χ1) is 10.2. The first kappa shape index (κ1) is 12.7. The summed E-state index contributed by atoms with van der Waals surface area (Å²) in [4.78, 5) is 23.4. The van der Waals surface area contributed by atoms with Gasteiger partial charge in [-0.2, -0.15) is 0 Å². The Morgan fingerprint density at radius 2 is 2.19 bits per heavy atom. The van der Waals surface area contributed by atoms with Crippen molar-refractivity contribution in [3.8, 4) is 0 Å². The van der Waals surface area contributed by atoms with Crippen molar-refractivity contribution in [2.75, 3.05) is 13.1 Å². The minimum atomic E-state index is -0.608. The first-order valence-corrected chi connectivity index (χ1v) is 7.21. The number of hydrogen-bond acceptors (Lipinski definition) is 4. The molecule has 21 heavy (non-hydrogen) atoms. The molecule has 6 heteroatoms. The summed E-state index contributed by atoms with van der Waals surface area (Å²) >= 11 is 5.93. The SMILES string of the molecule is O=C1c2cccnc2C[C@@]2(c3ccc(Cl)cn3)NCCN12. The van der Waals surface area contributed by atoms with E-state index in [1.807, 2.05) is 17.0 Å². The van der Waals surface area contributed by atoms with Crippen LogP contribution in [0.3, 0.4) is 0 Å². The van der Waals surface area contributed by atoms with Gasteiger partial charge in [0.05, 0.1) is 22.0 Å². The highest BCUT2D eigenvalue weighted by Crippen LogP contribution is 2.37. The minimum absolute atomic E-state index is 0.00565. The second kappa shape index (κ2) is 4.51. The molecule has 0 radical (unpaired) electrons. The smallest absolute Gasteiger partial charge is 0.257 e. The molecule has 2 aromatic heterocycles. The number of carbonyl (C=O) groups excluding carboxylic acids is 1. The van der Waals surface area contributed by atoms with E-state index in [2.05, 4.69) is 15.3 Å². The topological polar surface area (TPSA) is 58.1 Å². The van der Waals surface area contributed by atoms with Crippen molar-refractivity contribution in [3.05, 3.63) is 58.6 Å². The number of hydrogen-bond donors (Lipinski definition) is 1. The van der Waals surface area contributed by atoms with Crippen LogP contribution in [0.5, 0.6) is 0 Å². The van der Waals surface area contributed by atoms with E-state index in [4.69, 9.17) is 11.6 Å². The Morgan fingerprint density at radius 1 is 1.29 bits per heavy atom. The predicted octanol–water partition coefficient (Wildman–Crippen LogP) is 1.58. The highest BCUT2D eigenvalue weighted by molar-refractivity contribution is 6.30. The lowest BCUT2D eigenvalue weighted by Gasteiger charge is -2.41. The molecule has 4 heterocycles. The second-order valence-electron chi connectivity index (χ2n) is 5.28. The van der Waals surface area contributed by atoms with E-state index in [0.29, 0.717) is 23.6 Å². The molecule has 2 aliphatic rings. The average Bonchev–Trinajstić information content (AvgIpc) is 2.93. The van der Waals surface area contributed by atoms with Gasteiger partial charge in [-0.1, -0.05) is 11.6 Å². The van der Waals surface area contributed by atoms with Crippen molar-refractivity contribution in [3.63, 3.8) is 0 Å². The number of nitrogens with zero attached hydrogens (tertiary/aromatic N) is 3. The van der Waals surface area contributed by atoms with Crippen molar-refractivity contribution >= 4 is 17.5 Å². The van der Waals surface area contributed by atoms with Gasteiger partial charge >= 0.3 is 0 Å². The summed E-state index contributed by atoms with van der Waals surface area (Å²) < 4.78 is 0. The van der Waals surface area contributed by atoms with Crippen LogP contribution in [-0.2, 0) is 12.1 Å². The number of carbonyl (C=O) groups is 1. The standard InChI is InChI=1S/C15H13ClN4O/c16-10-3-4-13(18-9-10)15-8-12-11(2-1-5-17-12)14(21)20(15)7-6-19-15/h1-5,9,19H,6-8H2/t15-/m1/s1. The fourth-order valence-corrected chi connectivity index (χ4v) is 3.31. The van der Waals surface area contributed by atoms with Gasteiger partial charge in [0.25, 0.3) is 5.91 Å². The lowest BCUT2D eigenvalue weighted by Crippen LogP contribution is -2.56. The molecule has 0 spiro atoms. The van der Waals surface area contributed by atoms with Gasteiger partial charge in [-0.3, -0.25) is 20.1 Å². The van der Waals surface area contributed by atoms with Gasteiger partial charge in [0.2, 0.25) is 0 Å². The van der Waals surface area contributed by atoms with E-state index in [9.17, 15) is 4.79 Å². The molecule has 2 aromatic rings. The predicted molar refractivity (Wildman–Crippen MR) is 77.9 cm³/mol. The highest BCUT2D eigenvalue weighted by atomic mass is 35.5. The zero-order valence-corrected chi connectivity index (χ0v) is 12.0. The summed E-state index contributed by atoms with van der Waals surface area (Å²) in [6, 6.07) is 7.31. The van der Waals surface area contributed by atoms with Gasteiger partial charge in [0, 0.05) is 31.9 Å². The number of pyridine rings is 2. The third-order valence-electron chi connectivity index (χ3n) is 4.15. The quantitative estimate of drug-likeness (QED) is 0.869. The Kier molecular flexibility index (Phi) is 2.74. The maximum Gasteiger partial charge on any atom is 0.257 e. The van der Waals surface area contributed by atoms with Gasteiger partial charge in [0.15, 0.2) is 0 Å². The normalized spacial score (nSPS) is 23.9. The highest BCUT2D eigenvalue weighted by Gasteiger charge is 2.50. The van der Waals surface area contributed by atoms with Crippen molar-refractivity contribution < 1.29 is 4.79 Å². The molecule has 1 fully saturated rings. The average molecular weight is 301 g/mol. The Labute approximate surface area is 127 Å². The van der Waals surface area contributed by atoms with Crippen LogP contribution >= 0.6 is 11.6 Å². The molecule has 0 aromatic carbocycles. The Balaban J connectivity index is 1.88. The van der Waals surface area contributed by atoms with Crippen LogP contribution in [0.2, 0.25) is 5.02 Å². The minimum Gasteiger partial charge on any atom is -0.313 e. The molecule has 0 bridgehead atoms. The van der Waals surface area contributed by atoms with Crippen LogP contribution in [0.1, 0.15) is 21.7 Å². The number of aromatic nitrogens is 2. The van der Waals surface area contributed by atoms with E-state index in [1.165, 1.54) is 0 Å². The van der Waals surface area contributed by atoms with Crippen molar-refractivity contribution in [2.45, 2.75) is 12.1 Å². The molecule has 5 nitrogen and oxygen atoms in total. The van der Waals surface area contributed by atoms with Crippen LogP contribution in [0, 0.1) is 0 Å². The van der Waals surface area contributed by atoms with Gasteiger partial charge in [-0.15, -0.1) is 0 Å². The van der Waals surface area contributed by atoms with E-state index < -0.39 is 5.66 Å². The Morgan fingerprint density at radius 3 is 3.00 bits per heavy atom. The third kappa shape index (κ3) is 1.78. The lowest BCUT2D eigenvalue weighted by molar-refractivity contribution is 0.0486. The molecule has 4 rings (SSSR count). The zero-order chi connectivity index (χ0) is 14.4. The molecule has 1 saturated heterocycles. The summed E-state index contributed by atoms with van der Waals surface area (Å²) in [5.74, 6) is 0.00565. The fraction of sp³-hybridized carbons (Fsp3) is 0.267. The van der Waals surface area contributed by atoms with Crippen LogP contribution in [0.25, 0.3) is 0 Å². The maximum atomic E-state index is 12.7. The van der Waals surface area contributed by atoms with Crippen LogP contribution in [0.4, 0.5) is 0 Å². The number of amides is 1. The summed E-state index contributed by atoms with van der Waals surface area (Å²) in [6.07, 6.45) is 3.95.